The van der Waals surface area contributed by atoms with Crippen molar-refractivity contribution in [3.63, 3.8) is 0 Å². The Labute approximate surface area is 89.7 Å². The molecule has 4 unspecified atom stereocenters. The number of carbonyl (C=O) groups excluding carboxylic acids is 1. The van der Waals surface area contributed by atoms with Gasteiger partial charge in [-0.2, -0.15) is 0 Å². The number of ether oxygens (including phenoxy) is 1. The van der Waals surface area contributed by atoms with Gasteiger partial charge in [0.2, 0.25) is 5.91 Å². The summed E-state index contributed by atoms with van der Waals surface area (Å²) in [4.78, 5) is 11.8. The van der Waals surface area contributed by atoms with Gasteiger partial charge in [-0.05, 0) is 31.6 Å². The smallest absolute Gasteiger partial charge is 0.249 e. The van der Waals surface area contributed by atoms with Crippen molar-refractivity contribution >= 4 is 5.91 Å². The standard InChI is InChI=1S/C11H18N2O2/c1-6-2-3-9(15-6)11(14)13-10-7-4-12-5-8(7)10/h6-10,12H,2-5H2,1H3,(H,13,14). The molecule has 0 spiro atoms. The summed E-state index contributed by atoms with van der Waals surface area (Å²) in [6.45, 7) is 4.16. The van der Waals surface area contributed by atoms with Gasteiger partial charge in [-0.3, -0.25) is 4.79 Å². The second-order valence-electron chi connectivity index (χ2n) is 5.03. The number of hydrogen-bond donors (Lipinski definition) is 2. The van der Waals surface area contributed by atoms with Gasteiger partial charge in [0.05, 0.1) is 6.10 Å². The van der Waals surface area contributed by atoms with Crippen LogP contribution in [0.15, 0.2) is 0 Å². The van der Waals surface area contributed by atoms with Crippen LogP contribution in [0.3, 0.4) is 0 Å². The molecular formula is C11H18N2O2. The Kier molecular flexibility index (Phi) is 2.21. The summed E-state index contributed by atoms with van der Waals surface area (Å²) < 4.78 is 5.55. The van der Waals surface area contributed by atoms with E-state index in [0.717, 1.165) is 25.9 Å². The van der Waals surface area contributed by atoms with Crippen molar-refractivity contribution in [2.45, 2.75) is 38.0 Å². The summed E-state index contributed by atoms with van der Waals surface area (Å²) in [6, 6.07) is 0.429. The summed E-state index contributed by atoms with van der Waals surface area (Å²) in [5.41, 5.74) is 0. The number of amides is 1. The molecule has 2 N–H and O–H groups in total. The second kappa shape index (κ2) is 3.46. The van der Waals surface area contributed by atoms with E-state index in [1.54, 1.807) is 0 Å². The van der Waals surface area contributed by atoms with E-state index in [0.29, 0.717) is 17.9 Å². The van der Waals surface area contributed by atoms with E-state index < -0.39 is 0 Å². The number of carbonyl (C=O) groups is 1. The zero-order valence-corrected chi connectivity index (χ0v) is 9.03. The van der Waals surface area contributed by atoms with Gasteiger partial charge >= 0.3 is 0 Å². The Morgan fingerprint density at radius 2 is 2.07 bits per heavy atom. The highest BCUT2D eigenvalue weighted by molar-refractivity contribution is 5.81. The van der Waals surface area contributed by atoms with Crippen molar-refractivity contribution in [3.8, 4) is 0 Å². The van der Waals surface area contributed by atoms with Gasteiger partial charge in [0.15, 0.2) is 0 Å². The molecule has 3 aliphatic rings. The molecule has 0 radical (unpaired) electrons. The van der Waals surface area contributed by atoms with Crippen LogP contribution < -0.4 is 10.6 Å². The first-order chi connectivity index (χ1) is 7.25. The minimum Gasteiger partial charge on any atom is -0.365 e. The Morgan fingerprint density at radius 3 is 2.67 bits per heavy atom. The van der Waals surface area contributed by atoms with Gasteiger partial charge in [0.1, 0.15) is 6.10 Å². The molecule has 1 saturated carbocycles. The van der Waals surface area contributed by atoms with Gasteiger partial charge in [0.25, 0.3) is 0 Å². The first-order valence-electron chi connectivity index (χ1n) is 5.92. The monoisotopic (exact) mass is 210 g/mol. The van der Waals surface area contributed by atoms with Gasteiger partial charge in [0, 0.05) is 19.1 Å². The van der Waals surface area contributed by atoms with Crippen molar-refractivity contribution < 1.29 is 9.53 Å². The van der Waals surface area contributed by atoms with Crippen LogP contribution >= 0.6 is 0 Å². The highest BCUT2D eigenvalue weighted by Crippen LogP contribution is 2.41. The van der Waals surface area contributed by atoms with Crippen molar-refractivity contribution in [1.29, 1.82) is 0 Å². The minimum absolute atomic E-state index is 0.110. The molecule has 2 aliphatic heterocycles. The summed E-state index contributed by atoms with van der Waals surface area (Å²) in [7, 11) is 0. The molecule has 3 fully saturated rings. The Bertz CT molecular complexity index is 272. The molecule has 84 valence electrons. The zero-order chi connectivity index (χ0) is 10.4. The summed E-state index contributed by atoms with van der Waals surface area (Å²) in [6.07, 6.45) is 1.96. The molecule has 0 aromatic heterocycles. The molecule has 0 aromatic rings. The molecule has 0 bridgehead atoms. The maximum Gasteiger partial charge on any atom is 0.249 e. The van der Waals surface area contributed by atoms with E-state index in [-0.39, 0.29) is 18.1 Å². The van der Waals surface area contributed by atoms with Crippen LogP contribution in [0.1, 0.15) is 19.8 Å². The molecule has 4 atom stereocenters. The highest BCUT2D eigenvalue weighted by atomic mass is 16.5. The van der Waals surface area contributed by atoms with Crippen molar-refractivity contribution in [1.82, 2.24) is 10.6 Å². The lowest BCUT2D eigenvalue weighted by Crippen LogP contribution is -2.39. The minimum atomic E-state index is -0.186. The van der Waals surface area contributed by atoms with E-state index in [9.17, 15) is 4.79 Å². The topological polar surface area (TPSA) is 50.4 Å². The lowest BCUT2D eigenvalue weighted by molar-refractivity contribution is -0.132. The average molecular weight is 210 g/mol. The Balaban J connectivity index is 1.50. The molecule has 1 aliphatic carbocycles. The highest BCUT2D eigenvalue weighted by Gasteiger charge is 2.54. The quantitative estimate of drug-likeness (QED) is 0.668. The Hall–Kier alpha value is -0.610. The number of nitrogens with one attached hydrogen (secondary N) is 2. The van der Waals surface area contributed by atoms with E-state index in [2.05, 4.69) is 10.6 Å². The third kappa shape index (κ3) is 1.66. The maximum absolute atomic E-state index is 11.8. The second-order valence-corrected chi connectivity index (χ2v) is 5.03. The Morgan fingerprint density at radius 1 is 1.33 bits per heavy atom. The molecule has 2 heterocycles. The first-order valence-corrected chi connectivity index (χ1v) is 5.92. The summed E-state index contributed by atoms with van der Waals surface area (Å²) in [5, 5.41) is 6.43. The van der Waals surface area contributed by atoms with Crippen LogP contribution in [0.25, 0.3) is 0 Å². The first kappa shape index (κ1) is 9.60. The fourth-order valence-corrected chi connectivity index (χ4v) is 2.89. The van der Waals surface area contributed by atoms with Crippen LogP contribution in [0.4, 0.5) is 0 Å². The van der Waals surface area contributed by atoms with Crippen molar-refractivity contribution in [2.75, 3.05) is 13.1 Å². The van der Waals surface area contributed by atoms with Gasteiger partial charge in [-0.1, -0.05) is 0 Å². The number of hydrogen-bond acceptors (Lipinski definition) is 3. The van der Waals surface area contributed by atoms with E-state index in [4.69, 9.17) is 4.74 Å². The van der Waals surface area contributed by atoms with Crippen LogP contribution in [-0.4, -0.2) is 37.2 Å². The average Bonchev–Trinajstić information content (AvgIpc) is 2.66. The molecule has 4 heteroatoms. The third-order valence-electron chi connectivity index (χ3n) is 3.92. The molecule has 1 amide bonds. The largest absolute Gasteiger partial charge is 0.365 e. The van der Waals surface area contributed by atoms with E-state index >= 15 is 0 Å². The lowest BCUT2D eigenvalue weighted by Gasteiger charge is -2.13. The number of piperidine rings is 1. The third-order valence-corrected chi connectivity index (χ3v) is 3.92. The molecule has 3 rings (SSSR count). The van der Waals surface area contributed by atoms with Gasteiger partial charge in [-0.15, -0.1) is 0 Å². The van der Waals surface area contributed by atoms with Gasteiger partial charge < -0.3 is 15.4 Å². The summed E-state index contributed by atoms with van der Waals surface area (Å²) >= 11 is 0. The van der Waals surface area contributed by atoms with Crippen molar-refractivity contribution in [2.24, 2.45) is 11.8 Å². The van der Waals surface area contributed by atoms with Crippen molar-refractivity contribution in [3.05, 3.63) is 0 Å². The SMILES string of the molecule is CC1CCC(C(=O)NC2C3CNCC32)O1. The molecule has 4 nitrogen and oxygen atoms in total. The molecule has 0 aromatic carbocycles. The predicted molar refractivity (Wildman–Crippen MR) is 55.3 cm³/mol. The van der Waals surface area contributed by atoms with Crippen LogP contribution in [0, 0.1) is 11.8 Å². The molecular weight excluding hydrogens is 192 g/mol. The fourth-order valence-electron chi connectivity index (χ4n) is 2.89. The zero-order valence-electron chi connectivity index (χ0n) is 9.03. The lowest BCUT2D eigenvalue weighted by atomic mass is 10.2. The predicted octanol–water partition coefficient (Wildman–Crippen LogP) is -0.112. The summed E-state index contributed by atoms with van der Waals surface area (Å²) in [5.74, 6) is 1.49. The van der Waals surface area contributed by atoms with Crippen LogP contribution in [0.2, 0.25) is 0 Å². The van der Waals surface area contributed by atoms with Crippen LogP contribution in [0.5, 0.6) is 0 Å². The van der Waals surface area contributed by atoms with Gasteiger partial charge in [-0.25, -0.2) is 0 Å². The molecule has 15 heavy (non-hydrogen) atoms. The fraction of sp³-hybridized carbons (Fsp3) is 0.909. The van der Waals surface area contributed by atoms with E-state index in [1.165, 1.54) is 0 Å². The van der Waals surface area contributed by atoms with Crippen LogP contribution in [-0.2, 0) is 9.53 Å². The number of rotatable bonds is 2. The molecule has 2 saturated heterocycles. The normalized spacial score (nSPS) is 47.7. The van der Waals surface area contributed by atoms with E-state index in [1.807, 2.05) is 6.92 Å². The number of fused-ring (bicyclic) bond motifs is 1. The maximum atomic E-state index is 11.8.